The minimum atomic E-state index is -0.374. The van der Waals surface area contributed by atoms with E-state index in [2.05, 4.69) is 116 Å². The Kier molecular flexibility index (Phi) is 7.23. The van der Waals surface area contributed by atoms with Gasteiger partial charge in [0.25, 0.3) is 0 Å². The van der Waals surface area contributed by atoms with E-state index in [1.165, 1.54) is 13.8 Å². The summed E-state index contributed by atoms with van der Waals surface area (Å²) in [5.74, 6) is 0. The van der Waals surface area contributed by atoms with Crippen molar-refractivity contribution in [3.63, 3.8) is 0 Å². The summed E-state index contributed by atoms with van der Waals surface area (Å²) in [5, 5.41) is 5.14. The van der Waals surface area contributed by atoms with Crippen LogP contribution >= 0.6 is 23.3 Å². The highest BCUT2D eigenvalue weighted by Crippen LogP contribution is 2.67. The van der Waals surface area contributed by atoms with Crippen LogP contribution in [-0.4, -0.2) is 0 Å². The molecule has 0 amide bonds. The lowest BCUT2D eigenvalue weighted by Gasteiger charge is -2.34. The fraction of sp³-hybridized carbons (Fsp3) is 0.714. The third-order valence-corrected chi connectivity index (χ3v) is 15.4. The molecular formula is C28H47P3. The second-order valence-electron chi connectivity index (χ2n) is 14.3. The first kappa shape index (κ1) is 27.1. The van der Waals surface area contributed by atoms with Crippen LogP contribution in [-0.2, 0) is 27.1 Å². The van der Waals surface area contributed by atoms with Gasteiger partial charge >= 0.3 is 0 Å². The SMILES string of the molecule is CC(C)(C)c1cc(C(C)(C)C)c(-p2pc(C(C)(C)C)pc2C(C)(C)C)c(C(C)(C)C)c1. The van der Waals surface area contributed by atoms with Crippen LogP contribution in [0.5, 0.6) is 0 Å². The molecule has 31 heavy (non-hydrogen) atoms. The Labute approximate surface area is 198 Å². The Hall–Kier alpha value is -0.140. The summed E-state index contributed by atoms with van der Waals surface area (Å²) in [5.41, 5.74) is 5.51. The van der Waals surface area contributed by atoms with Crippen molar-refractivity contribution in [2.75, 3.05) is 0 Å². The van der Waals surface area contributed by atoms with Crippen molar-refractivity contribution in [3.05, 3.63) is 38.9 Å². The smallest absolute Gasteiger partial charge is 0.0169 e. The Morgan fingerprint density at radius 2 is 0.968 bits per heavy atom. The lowest BCUT2D eigenvalue weighted by atomic mass is 9.75. The van der Waals surface area contributed by atoms with Gasteiger partial charge in [0.15, 0.2) is 0 Å². The standard InChI is InChI=1S/C28H47P3/c1-24(2,3)18-16-19(25(4,5)6)21(20(17-18)26(7,8)9)31-23(28(13,14)15)29-22(30-31)27(10,11)12/h16-17H,1-15H3. The zero-order valence-corrected chi connectivity index (χ0v) is 25.7. The van der Waals surface area contributed by atoms with Crippen LogP contribution in [0.15, 0.2) is 12.1 Å². The maximum Gasteiger partial charge on any atom is 0.0169 e. The van der Waals surface area contributed by atoms with E-state index in [-0.39, 0.29) is 34.3 Å². The molecule has 0 bridgehead atoms. The molecule has 2 aromatic rings. The minimum Gasteiger partial charge on any atom is -0.0578 e. The Morgan fingerprint density at radius 1 is 0.548 bits per heavy atom. The van der Waals surface area contributed by atoms with Gasteiger partial charge in [0.1, 0.15) is 0 Å². The fourth-order valence-corrected chi connectivity index (χ4v) is 14.7. The van der Waals surface area contributed by atoms with E-state index in [1.807, 2.05) is 0 Å². The van der Waals surface area contributed by atoms with Crippen molar-refractivity contribution < 1.29 is 0 Å². The van der Waals surface area contributed by atoms with Crippen molar-refractivity contribution in [2.45, 2.75) is 131 Å². The Balaban J connectivity index is 3.12. The Bertz CT molecular complexity index is 906. The lowest BCUT2D eigenvalue weighted by molar-refractivity contribution is 0.552. The van der Waals surface area contributed by atoms with Gasteiger partial charge in [-0.05, 0) is 51.6 Å². The van der Waals surface area contributed by atoms with E-state index in [4.69, 9.17) is 0 Å². The van der Waals surface area contributed by atoms with Crippen LogP contribution in [0, 0.1) is 0 Å². The van der Waals surface area contributed by atoms with Gasteiger partial charge in [-0.2, -0.15) is 0 Å². The quantitative estimate of drug-likeness (QED) is 0.384. The predicted octanol–water partition coefficient (Wildman–Crippen LogP) is 11.3. The summed E-state index contributed by atoms with van der Waals surface area (Å²) in [6.45, 7) is 36.1. The van der Waals surface area contributed by atoms with Crippen LogP contribution in [0.1, 0.15) is 131 Å². The maximum absolute atomic E-state index is 2.56. The first-order valence-electron chi connectivity index (χ1n) is 11.7. The molecule has 2 rings (SSSR count). The summed E-state index contributed by atoms with van der Waals surface area (Å²) < 4.78 is 0. The normalized spacial score (nSPS) is 15.4. The first-order chi connectivity index (χ1) is 13.5. The molecule has 1 heterocycles. The molecule has 0 saturated heterocycles. The number of benzene rings is 1. The van der Waals surface area contributed by atoms with Gasteiger partial charge in [-0.15, -0.1) is 0 Å². The maximum atomic E-state index is 2.56. The zero-order valence-electron chi connectivity index (χ0n) is 23.0. The van der Waals surface area contributed by atoms with Gasteiger partial charge in [0.2, 0.25) is 0 Å². The van der Waals surface area contributed by atoms with E-state index >= 15 is 0 Å². The van der Waals surface area contributed by atoms with Crippen molar-refractivity contribution in [1.29, 1.82) is 0 Å². The molecule has 0 aliphatic heterocycles. The predicted molar refractivity (Wildman–Crippen MR) is 149 cm³/mol. The first-order valence-corrected chi connectivity index (χ1v) is 15.6. The van der Waals surface area contributed by atoms with Crippen LogP contribution in [0.3, 0.4) is 0 Å². The van der Waals surface area contributed by atoms with Crippen molar-refractivity contribution in [3.8, 4) is 5.30 Å². The van der Waals surface area contributed by atoms with Crippen molar-refractivity contribution >= 4 is 23.3 Å². The third kappa shape index (κ3) is 6.06. The molecule has 174 valence electrons. The topological polar surface area (TPSA) is 0 Å². The Morgan fingerprint density at radius 3 is 1.26 bits per heavy atom. The van der Waals surface area contributed by atoms with E-state index in [1.54, 1.807) is 34.4 Å². The summed E-state index contributed by atoms with van der Waals surface area (Å²) in [4.78, 5) is 0. The minimum absolute atomic E-state index is 0.124. The number of rotatable bonds is 1. The van der Waals surface area contributed by atoms with Crippen LogP contribution < -0.4 is 0 Å². The molecule has 1 aromatic heterocycles. The number of hydrogen-bond donors (Lipinski definition) is 0. The molecule has 0 spiro atoms. The van der Waals surface area contributed by atoms with E-state index in [0.29, 0.717) is 0 Å². The molecule has 1 unspecified atom stereocenters. The fourth-order valence-electron chi connectivity index (χ4n) is 3.71. The molecule has 0 radical (unpaired) electrons. The molecule has 0 N–H and O–H groups in total. The second-order valence-corrected chi connectivity index (χ2v) is 20.1. The van der Waals surface area contributed by atoms with Gasteiger partial charge in [0, 0.05) is 15.4 Å². The molecule has 0 saturated carbocycles. The van der Waals surface area contributed by atoms with Gasteiger partial charge < -0.3 is 0 Å². The average Bonchev–Trinajstić information content (AvgIpc) is 2.96. The molecular weight excluding hydrogens is 429 g/mol. The highest BCUT2D eigenvalue weighted by atomic mass is 31.9. The van der Waals surface area contributed by atoms with E-state index in [0.717, 1.165) is 0 Å². The van der Waals surface area contributed by atoms with Gasteiger partial charge in [-0.3, -0.25) is 0 Å². The van der Waals surface area contributed by atoms with Gasteiger partial charge in [-0.1, -0.05) is 131 Å². The second kappa shape index (κ2) is 8.26. The summed E-state index contributed by atoms with van der Waals surface area (Å²) in [6.07, 6.45) is 0. The van der Waals surface area contributed by atoms with Crippen LogP contribution in [0.4, 0.5) is 0 Å². The molecule has 3 heteroatoms. The number of hydrogen-bond acceptors (Lipinski definition) is 0. The average molecular weight is 477 g/mol. The zero-order chi connectivity index (χ0) is 24.4. The summed E-state index contributed by atoms with van der Waals surface area (Å²) in [7, 11) is 2.71. The van der Waals surface area contributed by atoms with Gasteiger partial charge in [-0.25, -0.2) is 0 Å². The third-order valence-electron chi connectivity index (χ3n) is 5.75. The van der Waals surface area contributed by atoms with Crippen LogP contribution in [0.2, 0.25) is 0 Å². The van der Waals surface area contributed by atoms with E-state index < -0.39 is 0 Å². The van der Waals surface area contributed by atoms with Crippen molar-refractivity contribution in [1.82, 2.24) is 0 Å². The highest BCUT2D eigenvalue weighted by Gasteiger charge is 2.34. The molecule has 1 aromatic carbocycles. The van der Waals surface area contributed by atoms with Crippen molar-refractivity contribution in [2.24, 2.45) is 0 Å². The molecule has 0 fully saturated rings. The highest BCUT2D eigenvalue weighted by molar-refractivity contribution is 8.08. The lowest BCUT2D eigenvalue weighted by Crippen LogP contribution is -2.22. The summed E-state index contributed by atoms with van der Waals surface area (Å²) in [6, 6.07) is 5.13. The molecule has 0 nitrogen and oxygen atoms in total. The summed E-state index contributed by atoms with van der Waals surface area (Å²) >= 11 is 0. The molecule has 0 aliphatic rings. The molecule has 1 atom stereocenters. The largest absolute Gasteiger partial charge is 0.0578 e. The van der Waals surface area contributed by atoms with Crippen LogP contribution in [0.25, 0.3) is 5.30 Å². The van der Waals surface area contributed by atoms with Gasteiger partial charge in [0.05, 0.1) is 0 Å². The monoisotopic (exact) mass is 476 g/mol. The molecule has 0 aliphatic carbocycles. The van der Waals surface area contributed by atoms with E-state index in [9.17, 15) is 0 Å².